The van der Waals surface area contributed by atoms with Crippen molar-refractivity contribution in [1.29, 1.82) is 0 Å². The fourth-order valence-electron chi connectivity index (χ4n) is 3.10. The lowest BCUT2D eigenvalue weighted by Gasteiger charge is -2.35. The number of benzene rings is 1. The van der Waals surface area contributed by atoms with Gasteiger partial charge >= 0.3 is 0 Å². The highest BCUT2D eigenvalue weighted by Crippen LogP contribution is 2.28. The minimum atomic E-state index is -0.264. The summed E-state index contributed by atoms with van der Waals surface area (Å²) in [5.74, 6) is 0.199. The SMILES string of the molecule is CCNC(C)c1ccc(N2CCC(C(C)O)CC2)c(F)c1. The van der Waals surface area contributed by atoms with Gasteiger partial charge in [0.25, 0.3) is 0 Å². The van der Waals surface area contributed by atoms with E-state index in [9.17, 15) is 9.50 Å². The molecule has 1 aromatic rings. The summed E-state index contributed by atoms with van der Waals surface area (Å²) < 4.78 is 14.4. The second-order valence-corrected chi connectivity index (χ2v) is 6.06. The molecule has 1 aliphatic rings. The fourth-order valence-corrected chi connectivity index (χ4v) is 3.10. The van der Waals surface area contributed by atoms with Gasteiger partial charge in [-0.25, -0.2) is 4.39 Å². The number of nitrogens with zero attached hydrogens (tertiary/aromatic N) is 1. The van der Waals surface area contributed by atoms with E-state index in [1.54, 1.807) is 6.07 Å². The summed E-state index contributed by atoms with van der Waals surface area (Å²) in [4.78, 5) is 2.09. The molecule has 0 saturated carbocycles. The van der Waals surface area contributed by atoms with Gasteiger partial charge in [-0.2, -0.15) is 0 Å². The van der Waals surface area contributed by atoms with Crippen LogP contribution in [-0.4, -0.2) is 30.8 Å². The van der Waals surface area contributed by atoms with Gasteiger partial charge in [-0.05, 0) is 56.8 Å². The second kappa shape index (κ2) is 7.23. The summed E-state index contributed by atoms with van der Waals surface area (Å²) in [6.07, 6.45) is 1.58. The molecule has 3 nitrogen and oxygen atoms in total. The molecule has 0 bridgehead atoms. The Labute approximate surface area is 127 Å². The van der Waals surface area contributed by atoms with Crippen molar-refractivity contribution in [3.05, 3.63) is 29.6 Å². The van der Waals surface area contributed by atoms with E-state index in [0.717, 1.165) is 38.0 Å². The predicted molar refractivity (Wildman–Crippen MR) is 85.1 cm³/mol. The summed E-state index contributed by atoms with van der Waals surface area (Å²) in [5, 5.41) is 12.9. The number of anilines is 1. The molecule has 4 heteroatoms. The van der Waals surface area contributed by atoms with E-state index >= 15 is 0 Å². The molecule has 0 amide bonds. The van der Waals surface area contributed by atoms with Gasteiger partial charge in [0.2, 0.25) is 0 Å². The Morgan fingerprint density at radius 2 is 2.00 bits per heavy atom. The van der Waals surface area contributed by atoms with Crippen molar-refractivity contribution in [1.82, 2.24) is 5.32 Å². The van der Waals surface area contributed by atoms with Crippen molar-refractivity contribution in [3.63, 3.8) is 0 Å². The van der Waals surface area contributed by atoms with Gasteiger partial charge in [0, 0.05) is 19.1 Å². The lowest BCUT2D eigenvalue weighted by atomic mass is 9.92. The maximum absolute atomic E-state index is 14.4. The summed E-state index contributed by atoms with van der Waals surface area (Å²) >= 11 is 0. The highest BCUT2D eigenvalue weighted by molar-refractivity contribution is 5.50. The van der Waals surface area contributed by atoms with Crippen molar-refractivity contribution in [3.8, 4) is 0 Å². The third-order valence-electron chi connectivity index (χ3n) is 4.54. The zero-order valence-corrected chi connectivity index (χ0v) is 13.3. The summed E-state index contributed by atoms with van der Waals surface area (Å²) in [6, 6.07) is 5.71. The molecule has 1 aliphatic heterocycles. The Morgan fingerprint density at radius 1 is 1.33 bits per heavy atom. The van der Waals surface area contributed by atoms with Gasteiger partial charge in [0.15, 0.2) is 0 Å². The predicted octanol–water partition coefficient (Wildman–Crippen LogP) is 3.09. The average Bonchev–Trinajstić information content (AvgIpc) is 2.47. The summed E-state index contributed by atoms with van der Waals surface area (Å²) in [7, 11) is 0. The molecule has 1 heterocycles. The van der Waals surface area contributed by atoms with Crippen LogP contribution in [0, 0.1) is 11.7 Å². The lowest BCUT2D eigenvalue weighted by Crippen LogP contribution is -2.37. The first-order chi connectivity index (χ1) is 10.0. The molecule has 1 fully saturated rings. The minimum absolute atomic E-state index is 0.146. The number of rotatable bonds is 5. The number of halogens is 1. The largest absolute Gasteiger partial charge is 0.393 e. The van der Waals surface area contributed by atoms with Crippen molar-refractivity contribution < 1.29 is 9.50 Å². The maximum Gasteiger partial charge on any atom is 0.146 e. The Balaban J connectivity index is 2.05. The van der Waals surface area contributed by atoms with Gasteiger partial charge in [-0.15, -0.1) is 0 Å². The van der Waals surface area contributed by atoms with Crippen LogP contribution in [0.15, 0.2) is 18.2 Å². The standard InChI is InChI=1S/C17H27FN2O/c1-4-19-12(2)15-5-6-17(16(18)11-15)20-9-7-14(8-10-20)13(3)21/h5-6,11-14,19,21H,4,7-10H2,1-3H3. The molecule has 1 saturated heterocycles. The molecule has 2 atom stereocenters. The van der Waals surface area contributed by atoms with E-state index in [4.69, 9.17) is 0 Å². The summed E-state index contributed by atoms with van der Waals surface area (Å²) in [6.45, 7) is 8.44. The molecule has 2 unspecified atom stereocenters. The first kappa shape index (κ1) is 16.2. The van der Waals surface area contributed by atoms with Crippen molar-refractivity contribution in [2.45, 2.75) is 45.8 Å². The lowest BCUT2D eigenvalue weighted by molar-refractivity contribution is 0.110. The smallest absolute Gasteiger partial charge is 0.146 e. The highest BCUT2D eigenvalue weighted by Gasteiger charge is 2.24. The Morgan fingerprint density at radius 3 is 2.52 bits per heavy atom. The zero-order chi connectivity index (χ0) is 15.4. The van der Waals surface area contributed by atoms with Crippen LogP contribution >= 0.6 is 0 Å². The number of aliphatic hydroxyl groups is 1. The molecular weight excluding hydrogens is 267 g/mol. The van der Waals surface area contributed by atoms with E-state index in [0.29, 0.717) is 11.6 Å². The van der Waals surface area contributed by atoms with Crippen LogP contribution in [0.5, 0.6) is 0 Å². The van der Waals surface area contributed by atoms with Crippen molar-refractivity contribution in [2.24, 2.45) is 5.92 Å². The van der Waals surface area contributed by atoms with Gasteiger partial charge in [0.1, 0.15) is 5.82 Å². The van der Waals surface area contributed by atoms with E-state index in [2.05, 4.69) is 10.2 Å². The van der Waals surface area contributed by atoms with Crippen LogP contribution in [-0.2, 0) is 0 Å². The topological polar surface area (TPSA) is 35.5 Å². The molecule has 118 valence electrons. The van der Waals surface area contributed by atoms with Gasteiger partial charge in [-0.3, -0.25) is 0 Å². The number of nitrogens with one attached hydrogen (secondary N) is 1. The van der Waals surface area contributed by atoms with E-state index in [1.165, 1.54) is 0 Å². The molecule has 0 aromatic heterocycles. The number of hydrogen-bond acceptors (Lipinski definition) is 3. The molecular formula is C17H27FN2O. The van der Waals surface area contributed by atoms with Gasteiger partial charge in [0.05, 0.1) is 11.8 Å². The summed E-state index contributed by atoms with van der Waals surface area (Å²) in [5.41, 5.74) is 1.67. The third-order valence-corrected chi connectivity index (χ3v) is 4.54. The highest BCUT2D eigenvalue weighted by atomic mass is 19.1. The molecule has 0 spiro atoms. The normalized spacial score (nSPS) is 19.6. The van der Waals surface area contributed by atoms with Crippen LogP contribution in [0.3, 0.4) is 0 Å². The van der Waals surface area contributed by atoms with Crippen molar-refractivity contribution >= 4 is 5.69 Å². The molecule has 21 heavy (non-hydrogen) atoms. The fraction of sp³-hybridized carbons (Fsp3) is 0.647. The maximum atomic E-state index is 14.4. The number of hydrogen-bond donors (Lipinski definition) is 2. The second-order valence-electron chi connectivity index (χ2n) is 6.06. The van der Waals surface area contributed by atoms with Crippen LogP contribution in [0.25, 0.3) is 0 Å². The quantitative estimate of drug-likeness (QED) is 0.876. The molecule has 0 aliphatic carbocycles. The minimum Gasteiger partial charge on any atom is -0.393 e. The average molecular weight is 294 g/mol. The monoisotopic (exact) mass is 294 g/mol. The molecule has 2 N–H and O–H groups in total. The number of aliphatic hydroxyl groups excluding tert-OH is 1. The third kappa shape index (κ3) is 3.95. The molecule has 0 radical (unpaired) electrons. The van der Waals surface area contributed by atoms with Crippen LogP contribution < -0.4 is 10.2 Å². The Bertz CT molecular complexity index is 456. The van der Waals surface area contributed by atoms with Crippen LogP contribution in [0.1, 0.15) is 45.2 Å². The molecule has 2 rings (SSSR count). The zero-order valence-electron chi connectivity index (χ0n) is 13.3. The van der Waals surface area contributed by atoms with Crippen molar-refractivity contribution in [2.75, 3.05) is 24.5 Å². The van der Waals surface area contributed by atoms with Crippen LogP contribution in [0.4, 0.5) is 10.1 Å². The Kier molecular flexibility index (Phi) is 5.59. The van der Waals surface area contributed by atoms with Gasteiger partial charge in [-0.1, -0.05) is 13.0 Å². The van der Waals surface area contributed by atoms with Crippen LogP contribution in [0.2, 0.25) is 0 Å². The van der Waals surface area contributed by atoms with Gasteiger partial charge < -0.3 is 15.3 Å². The number of piperidine rings is 1. The van der Waals surface area contributed by atoms with E-state index < -0.39 is 0 Å². The molecule has 1 aromatic carbocycles. The Hall–Kier alpha value is -1.13. The van der Waals surface area contributed by atoms with E-state index in [-0.39, 0.29) is 18.0 Å². The van der Waals surface area contributed by atoms with E-state index in [1.807, 2.05) is 32.9 Å². The first-order valence-electron chi connectivity index (χ1n) is 7.98. The first-order valence-corrected chi connectivity index (χ1v) is 7.98.